The number of oxazole rings is 1. The van der Waals surface area contributed by atoms with E-state index >= 15 is 0 Å². The molecule has 0 saturated carbocycles. The monoisotopic (exact) mass is 277 g/mol. The number of nitrogens with one attached hydrogen (secondary N) is 1. The molecule has 0 aliphatic carbocycles. The summed E-state index contributed by atoms with van der Waals surface area (Å²) in [6.45, 7) is 1.50. The van der Waals surface area contributed by atoms with Gasteiger partial charge in [0.25, 0.3) is 5.69 Å². The molecule has 2 aromatic rings. The summed E-state index contributed by atoms with van der Waals surface area (Å²) in [5, 5.41) is 14.1. The van der Waals surface area contributed by atoms with Crippen LogP contribution in [0.1, 0.15) is 19.3 Å². The first-order chi connectivity index (χ1) is 9.72. The fourth-order valence-corrected chi connectivity index (χ4v) is 2.31. The number of nitro groups is 1. The van der Waals surface area contributed by atoms with E-state index in [1.807, 2.05) is 0 Å². The summed E-state index contributed by atoms with van der Waals surface area (Å²) in [6, 6.07) is 4.62. The van der Waals surface area contributed by atoms with Gasteiger partial charge >= 0.3 is 6.08 Å². The molecule has 1 aromatic heterocycles. The molecule has 106 valence electrons. The number of rotatable bonds is 4. The van der Waals surface area contributed by atoms with Gasteiger partial charge in [0, 0.05) is 18.2 Å². The summed E-state index contributed by atoms with van der Waals surface area (Å²) < 4.78 is 10.9. The summed E-state index contributed by atoms with van der Waals surface area (Å²) in [5.41, 5.74) is 0.916. The van der Waals surface area contributed by atoms with Gasteiger partial charge in [-0.05, 0) is 25.5 Å². The minimum atomic E-state index is -0.458. The van der Waals surface area contributed by atoms with Gasteiger partial charge in [0.15, 0.2) is 5.58 Å². The maximum Gasteiger partial charge on any atom is 0.394 e. The molecule has 0 spiro atoms. The number of nitrogens with zero attached hydrogens (tertiary/aromatic N) is 2. The van der Waals surface area contributed by atoms with Crippen molar-refractivity contribution in [2.24, 2.45) is 0 Å². The van der Waals surface area contributed by atoms with Crippen molar-refractivity contribution in [3.63, 3.8) is 0 Å². The van der Waals surface area contributed by atoms with Crippen LogP contribution in [0.4, 0.5) is 5.69 Å². The van der Waals surface area contributed by atoms with Crippen LogP contribution in [-0.2, 0) is 0 Å². The number of ether oxygens (including phenoxy) is 1. The van der Waals surface area contributed by atoms with E-state index < -0.39 is 4.92 Å². The Morgan fingerprint density at radius 1 is 1.50 bits per heavy atom. The predicted octanol–water partition coefficient (Wildman–Crippen LogP) is 2.26. The highest BCUT2D eigenvalue weighted by Gasteiger charge is 2.16. The summed E-state index contributed by atoms with van der Waals surface area (Å²) in [5.74, 6) is 0. The summed E-state index contributed by atoms with van der Waals surface area (Å²) >= 11 is 0. The molecule has 1 saturated heterocycles. The number of fused-ring (bicyclic) bond motifs is 1. The second kappa shape index (κ2) is 5.46. The highest BCUT2D eigenvalue weighted by atomic mass is 16.6. The molecular formula is C13H15N3O4. The van der Waals surface area contributed by atoms with Crippen LogP contribution in [0, 0.1) is 10.1 Å². The zero-order chi connectivity index (χ0) is 13.9. The quantitative estimate of drug-likeness (QED) is 0.681. The average molecular weight is 277 g/mol. The summed E-state index contributed by atoms with van der Waals surface area (Å²) in [7, 11) is 0. The lowest BCUT2D eigenvalue weighted by Gasteiger charge is -2.22. The van der Waals surface area contributed by atoms with Gasteiger partial charge in [-0.2, -0.15) is 4.98 Å². The van der Waals surface area contributed by atoms with Gasteiger partial charge in [-0.25, -0.2) is 0 Å². The number of non-ortho nitro benzene ring substituents is 1. The van der Waals surface area contributed by atoms with Gasteiger partial charge in [0.1, 0.15) is 12.1 Å². The first kappa shape index (κ1) is 12.9. The van der Waals surface area contributed by atoms with Crippen LogP contribution in [0.3, 0.4) is 0 Å². The fraction of sp³-hybridized carbons (Fsp3) is 0.462. The molecule has 3 rings (SSSR count). The Labute approximate surface area is 115 Å². The van der Waals surface area contributed by atoms with Crippen LogP contribution >= 0.6 is 0 Å². The van der Waals surface area contributed by atoms with Crippen molar-refractivity contribution < 1.29 is 14.1 Å². The highest BCUT2D eigenvalue weighted by Crippen LogP contribution is 2.24. The van der Waals surface area contributed by atoms with E-state index in [4.69, 9.17) is 9.15 Å². The van der Waals surface area contributed by atoms with Gasteiger partial charge in [-0.3, -0.25) is 10.1 Å². The molecule has 0 unspecified atom stereocenters. The van der Waals surface area contributed by atoms with Crippen LogP contribution < -0.4 is 10.1 Å². The van der Waals surface area contributed by atoms with E-state index in [0.717, 1.165) is 13.0 Å². The molecule has 2 heterocycles. The zero-order valence-corrected chi connectivity index (χ0v) is 10.9. The number of benzene rings is 1. The van der Waals surface area contributed by atoms with Gasteiger partial charge in [0.05, 0.1) is 4.92 Å². The van der Waals surface area contributed by atoms with Crippen LogP contribution in [-0.4, -0.2) is 29.1 Å². The minimum Gasteiger partial charge on any atom is -0.449 e. The average Bonchev–Trinajstić information content (AvgIpc) is 2.88. The van der Waals surface area contributed by atoms with E-state index in [9.17, 15) is 10.1 Å². The highest BCUT2D eigenvalue weighted by molar-refractivity contribution is 5.75. The van der Waals surface area contributed by atoms with Crippen LogP contribution in [0.2, 0.25) is 0 Å². The third-order valence-corrected chi connectivity index (χ3v) is 3.38. The lowest BCUT2D eigenvalue weighted by Crippen LogP contribution is -2.38. The summed E-state index contributed by atoms with van der Waals surface area (Å²) in [4.78, 5) is 14.4. The molecule has 1 fully saturated rings. The molecule has 0 amide bonds. The van der Waals surface area contributed by atoms with E-state index in [2.05, 4.69) is 10.3 Å². The van der Waals surface area contributed by atoms with Crippen molar-refractivity contribution in [3.05, 3.63) is 28.3 Å². The molecule has 7 nitrogen and oxygen atoms in total. The van der Waals surface area contributed by atoms with E-state index in [0.29, 0.717) is 23.7 Å². The second-order valence-corrected chi connectivity index (χ2v) is 4.85. The van der Waals surface area contributed by atoms with Gasteiger partial charge in [-0.1, -0.05) is 6.42 Å². The Bertz CT molecular complexity index is 619. The van der Waals surface area contributed by atoms with Crippen molar-refractivity contribution in [2.75, 3.05) is 13.2 Å². The molecule has 1 aliphatic rings. The Balaban J connectivity index is 1.70. The van der Waals surface area contributed by atoms with Crippen LogP contribution in [0.15, 0.2) is 22.6 Å². The Morgan fingerprint density at radius 3 is 3.15 bits per heavy atom. The van der Waals surface area contributed by atoms with E-state index in [1.54, 1.807) is 0 Å². The van der Waals surface area contributed by atoms with Gasteiger partial charge < -0.3 is 14.5 Å². The predicted molar refractivity (Wildman–Crippen MR) is 71.8 cm³/mol. The molecule has 0 radical (unpaired) electrons. The molecule has 1 atom stereocenters. The zero-order valence-electron chi connectivity index (χ0n) is 10.9. The number of aromatic nitrogens is 1. The van der Waals surface area contributed by atoms with Crippen molar-refractivity contribution in [2.45, 2.75) is 25.3 Å². The molecule has 0 bridgehead atoms. The maximum absolute atomic E-state index is 10.7. The lowest BCUT2D eigenvalue weighted by molar-refractivity contribution is -0.384. The largest absolute Gasteiger partial charge is 0.449 e. The van der Waals surface area contributed by atoms with Gasteiger partial charge in [-0.15, -0.1) is 0 Å². The van der Waals surface area contributed by atoms with E-state index in [1.165, 1.54) is 31.0 Å². The van der Waals surface area contributed by atoms with Crippen LogP contribution in [0.5, 0.6) is 6.08 Å². The molecule has 1 aromatic carbocycles. The van der Waals surface area contributed by atoms with Crippen molar-refractivity contribution in [1.82, 2.24) is 10.3 Å². The number of piperidine rings is 1. The Kier molecular flexibility index (Phi) is 3.51. The standard InChI is InChI=1S/C13H15N3O4/c17-16(18)10-4-5-12-11(7-10)15-13(20-12)19-8-9-3-1-2-6-14-9/h4-5,7,9,14H,1-3,6,8H2/t9-/m1/s1. The normalized spacial score (nSPS) is 19.1. The smallest absolute Gasteiger partial charge is 0.394 e. The molecule has 1 aliphatic heterocycles. The number of hydrogen-bond donors (Lipinski definition) is 1. The minimum absolute atomic E-state index is 0.00806. The van der Waals surface area contributed by atoms with Crippen LogP contribution in [0.25, 0.3) is 11.1 Å². The summed E-state index contributed by atoms with van der Waals surface area (Å²) in [6.07, 6.45) is 3.63. The maximum atomic E-state index is 10.7. The Morgan fingerprint density at radius 2 is 2.40 bits per heavy atom. The fourth-order valence-electron chi connectivity index (χ4n) is 2.31. The third-order valence-electron chi connectivity index (χ3n) is 3.38. The molecule has 20 heavy (non-hydrogen) atoms. The van der Waals surface area contributed by atoms with Crippen molar-refractivity contribution >= 4 is 16.8 Å². The second-order valence-electron chi connectivity index (χ2n) is 4.85. The SMILES string of the molecule is O=[N+]([O-])c1ccc2oc(OC[C@H]3CCCCN3)nc2c1. The third kappa shape index (κ3) is 2.72. The van der Waals surface area contributed by atoms with Crippen molar-refractivity contribution in [1.29, 1.82) is 0 Å². The lowest BCUT2D eigenvalue weighted by atomic mass is 10.1. The topological polar surface area (TPSA) is 90.4 Å². The number of hydrogen-bond acceptors (Lipinski definition) is 6. The molecule has 7 heteroatoms. The van der Waals surface area contributed by atoms with E-state index in [-0.39, 0.29) is 11.8 Å². The number of nitro benzene ring substituents is 1. The van der Waals surface area contributed by atoms with Crippen molar-refractivity contribution in [3.8, 4) is 6.08 Å². The molecule has 1 N–H and O–H groups in total. The first-order valence-corrected chi connectivity index (χ1v) is 6.63. The Hall–Kier alpha value is -2.15. The van der Waals surface area contributed by atoms with Gasteiger partial charge in [0.2, 0.25) is 0 Å². The first-order valence-electron chi connectivity index (χ1n) is 6.63. The molecular weight excluding hydrogens is 262 g/mol.